The van der Waals surface area contributed by atoms with Gasteiger partial charge in [-0.3, -0.25) is 4.79 Å². The summed E-state index contributed by atoms with van der Waals surface area (Å²) < 4.78 is 2.01. The summed E-state index contributed by atoms with van der Waals surface area (Å²) in [5.41, 5.74) is 1.52. The molecule has 0 spiro atoms. The Hall–Kier alpha value is -1.61. The maximum atomic E-state index is 10.9. The minimum atomic E-state index is 0.484. The van der Waals surface area contributed by atoms with Gasteiger partial charge < -0.3 is 4.57 Å². The van der Waals surface area contributed by atoms with Crippen LogP contribution in [0.3, 0.4) is 0 Å². The number of aromatic nitrogens is 2. The summed E-state index contributed by atoms with van der Waals surface area (Å²) in [6, 6.07) is 7.74. The van der Waals surface area contributed by atoms with E-state index in [1.54, 1.807) is 6.20 Å². The largest absolute Gasteiger partial charge is 0.330 e. The Bertz CT molecular complexity index is 563. The van der Waals surface area contributed by atoms with Crippen LogP contribution < -0.4 is 0 Å². The smallest absolute Gasteiger partial charge is 0.170 e. The van der Waals surface area contributed by atoms with E-state index in [0.717, 1.165) is 42.0 Å². The summed E-state index contributed by atoms with van der Waals surface area (Å²) in [5.74, 6) is 0.948. The molecule has 100 valence electrons. The first-order chi connectivity index (χ1) is 9.24. The van der Waals surface area contributed by atoms with Crippen LogP contribution in [-0.4, -0.2) is 15.8 Å². The number of hydrogen-bond donors (Lipinski definition) is 0. The zero-order valence-corrected chi connectivity index (χ0v) is 11.7. The van der Waals surface area contributed by atoms with Crippen LogP contribution in [0.1, 0.15) is 41.6 Å². The molecule has 1 heterocycles. The number of benzene rings is 1. The number of halogens is 1. The van der Waals surface area contributed by atoms with Crippen LogP contribution in [0.25, 0.3) is 0 Å². The van der Waals surface area contributed by atoms with E-state index in [2.05, 4.69) is 11.9 Å². The molecular formula is C15H17ClN2O. The van der Waals surface area contributed by atoms with Crippen LogP contribution in [0.4, 0.5) is 0 Å². The molecule has 0 aliphatic carbocycles. The van der Waals surface area contributed by atoms with Crippen LogP contribution in [0.2, 0.25) is 5.02 Å². The maximum Gasteiger partial charge on any atom is 0.170 e. The normalized spacial score (nSPS) is 10.6. The molecule has 0 fully saturated rings. The van der Waals surface area contributed by atoms with Crippen molar-refractivity contribution in [1.82, 2.24) is 9.55 Å². The number of hydrogen-bond acceptors (Lipinski definition) is 2. The predicted molar refractivity (Wildman–Crippen MR) is 76.8 cm³/mol. The number of aldehydes is 1. The lowest BCUT2D eigenvalue weighted by Crippen LogP contribution is -2.04. The maximum absolute atomic E-state index is 10.9. The second-order valence-electron chi connectivity index (χ2n) is 4.52. The van der Waals surface area contributed by atoms with Gasteiger partial charge in [0.15, 0.2) is 6.29 Å². The molecule has 1 aromatic carbocycles. The topological polar surface area (TPSA) is 34.9 Å². The minimum absolute atomic E-state index is 0.484. The Morgan fingerprint density at radius 3 is 2.84 bits per heavy atom. The lowest BCUT2D eigenvalue weighted by Gasteiger charge is -2.08. The Morgan fingerprint density at radius 2 is 2.16 bits per heavy atom. The first-order valence-electron chi connectivity index (χ1n) is 6.49. The fraction of sp³-hybridized carbons (Fsp3) is 0.333. The van der Waals surface area contributed by atoms with Crippen molar-refractivity contribution in [2.75, 3.05) is 0 Å². The van der Waals surface area contributed by atoms with E-state index in [9.17, 15) is 4.79 Å². The number of rotatable bonds is 6. The van der Waals surface area contributed by atoms with Crippen molar-refractivity contribution in [2.45, 2.75) is 32.7 Å². The van der Waals surface area contributed by atoms with E-state index < -0.39 is 0 Å². The molecule has 1 aromatic heterocycles. The van der Waals surface area contributed by atoms with Crippen molar-refractivity contribution >= 4 is 17.9 Å². The Balaban J connectivity index is 2.25. The molecule has 0 saturated carbocycles. The molecule has 0 saturated heterocycles. The van der Waals surface area contributed by atoms with Gasteiger partial charge in [-0.25, -0.2) is 4.98 Å². The summed E-state index contributed by atoms with van der Waals surface area (Å²) in [6.45, 7) is 2.79. The molecule has 0 atom stereocenters. The summed E-state index contributed by atoms with van der Waals surface area (Å²) >= 11 is 6.17. The molecule has 0 N–H and O–H groups in total. The van der Waals surface area contributed by atoms with Crippen molar-refractivity contribution in [1.29, 1.82) is 0 Å². The molecule has 4 heteroatoms. The summed E-state index contributed by atoms with van der Waals surface area (Å²) in [5, 5.41) is 0.741. The Morgan fingerprint density at radius 1 is 1.37 bits per heavy atom. The number of carbonyl (C=O) groups excluding carboxylic acids is 1. The lowest BCUT2D eigenvalue weighted by atomic mass is 10.2. The number of imidazole rings is 1. The van der Waals surface area contributed by atoms with Crippen molar-refractivity contribution in [3.05, 3.63) is 52.6 Å². The molecule has 3 nitrogen and oxygen atoms in total. The van der Waals surface area contributed by atoms with Gasteiger partial charge in [0.1, 0.15) is 11.5 Å². The summed E-state index contributed by atoms with van der Waals surface area (Å²) in [7, 11) is 0. The first kappa shape index (κ1) is 13.8. The van der Waals surface area contributed by atoms with E-state index in [-0.39, 0.29) is 0 Å². The highest BCUT2D eigenvalue weighted by Gasteiger charge is 2.09. The molecule has 0 radical (unpaired) electrons. The molecule has 2 aromatic rings. The van der Waals surface area contributed by atoms with Crippen molar-refractivity contribution in [2.24, 2.45) is 0 Å². The van der Waals surface area contributed by atoms with Gasteiger partial charge in [-0.05, 0) is 18.1 Å². The Kier molecular flexibility index (Phi) is 4.74. The van der Waals surface area contributed by atoms with E-state index in [4.69, 9.17) is 11.6 Å². The zero-order valence-electron chi connectivity index (χ0n) is 11.0. The number of aryl methyl sites for hydroxylation is 1. The number of unbranched alkanes of at least 4 members (excludes halogenated alkanes) is 1. The summed E-state index contributed by atoms with van der Waals surface area (Å²) in [4.78, 5) is 15.2. The van der Waals surface area contributed by atoms with Crippen molar-refractivity contribution in [3.63, 3.8) is 0 Å². The van der Waals surface area contributed by atoms with Crippen molar-refractivity contribution in [3.8, 4) is 0 Å². The molecule has 19 heavy (non-hydrogen) atoms. The van der Waals surface area contributed by atoms with Gasteiger partial charge in [0.25, 0.3) is 0 Å². The third-order valence-corrected chi connectivity index (χ3v) is 3.42. The minimum Gasteiger partial charge on any atom is -0.330 e. The second kappa shape index (κ2) is 6.53. The molecule has 0 unspecified atom stereocenters. The highest BCUT2D eigenvalue weighted by molar-refractivity contribution is 6.31. The Labute approximate surface area is 118 Å². The average Bonchev–Trinajstić information content (AvgIpc) is 2.81. The van der Waals surface area contributed by atoms with Gasteiger partial charge in [-0.2, -0.15) is 0 Å². The highest BCUT2D eigenvalue weighted by atomic mass is 35.5. The average molecular weight is 277 g/mol. The molecule has 0 aliphatic heterocycles. The SMILES string of the molecule is CCCCc1nc(C=O)cn1Cc1ccccc1Cl. The zero-order chi connectivity index (χ0) is 13.7. The fourth-order valence-electron chi connectivity index (χ4n) is 2.01. The number of carbonyl (C=O) groups is 1. The molecule has 2 rings (SSSR count). The quantitative estimate of drug-likeness (QED) is 0.754. The van der Waals surface area contributed by atoms with Crippen LogP contribution in [0, 0.1) is 0 Å². The van der Waals surface area contributed by atoms with Crippen LogP contribution in [0.15, 0.2) is 30.5 Å². The highest BCUT2D eigenvalue weighted by Crippen LogP contribution is 2.18. The molecule has 0 aliphatic rings. The number of nitrogens with zero attached hydrogens (tertiary/aromatic N) is 2. The van der Waals surface area contributed by atoms with Gasteiger partial charge in [0.05, 0.1) is 6.54 Å². The van der Waals surface area contributed by atoms with Crippen molar-refractivity contribution < 1.29 is 4.79 Å². The lowest BCUT2D eigenvalue weighted by molar-refractivity contribution is 0.111. The van der Waals surface area contributed by atoms with E-state index in [0.29, 0.717) is 12.2 Å². The predicted octanol–water partition coefficient (Wildman–Crippen LogP) is 3.74. The van der Waals surface area contributed by atoms with E-state index in [1.807, 2.05) is 28.8 Å². The van der Waals surface area contributed by atoms with Crippen LogP contribution in [-0.2, 0) is 13.0 Å². The summed E-state index contributed by atoms with van der Waals surface area (Å²) in [6.07, 6.45) is 5.64. The third kappa shape index (κ3) is 3.44. The molecule has 0 bridgehead atoms. The fourth-order valence-corrected chi connectivity index (χ4v) is 2.21. The van der Waals surface area contributed by atoms with Crippen LogP contribution in [0.5, 0.6) is 0 Å². The van der Waals surface area contributed by atoms with Gasteiger partial charge in [-0.1, -0.05) is 43.1 Å². The van der Waals surface area contributed by atoms with Gasteiger partial charge in [0.2, 0.25) is 0 Å². The monoisotopic (exact) mass is 276 g/mol. The van der Waals surface area contributed by atoms with Gasteiger partial charge >= 0.3 is 0 Å². The van der Waals surface area contributed by atoms with E-state index >= 15 is 0 Å². The standard InChI is InChI=1S/C15H17ClN2O/c1-2-3-8-15-17-13(11-19)10-18(15)9-12-6-4-5-7-14(12)16/h4-7,10-11H,2-3,8-9H2,1H3. The van der Waals surface area contributed by atoms with E-state index in [1.165, 1.54) is 0 Å². The van der Waals surface area contributed by atoms with Gasteiger partial charge in [0, 0.05) is 17.6 Å². The molecule has 0 amide bonds. The second-order valence-corrected chi connectivity index (χ2v) is 4.93. The third-order valence-electron chi connectivity index (χ3n) is 3.05. The first-order valence-corrected chi connectivity index (χ1v) is 6.87. The van der Waals surface area contributed by atoms with Gasteiger partial charge in [-0.15, -0.1) is 0 Å². The van der Waals surface area contributed by atoms with Crippen LogP contribution >= 0.6 is 11.6 Å². The molecular weight excluding hydrogens is 260 g/mol.